The van der Waals surface area contributed by atoms with Crippen molar-refractivity contribution in [1.29, 1.82) is 0 Å². The van der Waals surface area contributed by atoms with Crippen molar-refractivity contribution in [2.24, 2.45) is 5.92 Å². The van der Waals surface area contributed by atoms with E-state index in [0.29, 0.717) is 10.9 Å². The Labute approximate surface area is 174 Å². The Morgan fingerprint density at radius 3 is 2.48 bits per heavy atom. The first-order valence-electron chi connectivity index (χ1n) is 9.68. The van der Waals surface area contributed by atoms with Gasteiger partial charge in [0.25, 0.3) is 5.88 Å². The lowest BCUT2D eigenvalue weighted by molar-refractivity contribution is -0.120. The maximum atomic E-state index is 12.7. The number of aromatic nitrogens is 2. The zero-order valence-electron chi connectivity index (χ0n) is 16.5. The molecule has 1 amide bonds. The van der Waals surface area contributed by atoms with Crippen molar-refractivity contribution in [3.05, 3.63) is 53.1 Å². The van der Waals surface area contributed by atoms with E-state index in [1.165, 1.54) is 0 Å². The summed E-state index contributed by atoms with van der Waals surface area (Å²) in [5.41, 5.74) is 3.36. The van der Waals surface area contributed by atoms with Crippen molar-refractivity contribution in [2.45, 2.75) is 19.8 Å². The number of rotatable bonds is 4. The molecule has 0 bridgehead atoms. The molecule has 0 radical (unpaired) electrons. The van der Waals surface area contributed by atoms with Crippen molar-refractivity contribution in [2.75, 3.05) is 30.4 Å². The highest BCUT2D eigenvalue weighted by Crippen LogP contribution is 2.31. The third kappa shape index (κ3) is 4.12. The topological polar surface area (TPSA) is 67.4 Å². The SMILES string of the molecule is COc1nc2ccccc2nc1N1CCC(C(=O)Nc2ccc(C)c(Cl)c2)CC1. The van der Waals surface area contributed by atoms with E-state index in [4.69, 9.17) is 21.3 Å². The van der Waals surface area contributed by atoms with Crippen LogP contribution in [0.1, 0.15) is 18.4 Å². The van der Waals surface area contributed by atoms with E-state index in [1.807, 2.05) is 43.3 Å². The highest BCUT2D eigenvalue weighted by atomic mass is 35.5. The van der Waals surface area contributed by atoms with Crippen LogP contribution >= 0.6 is 11.6 Å². The fourth-order valence-electron chi connectivity index (χ4n) is 3.59. The molecule has 0 saturated carbocycles. The van der Waals surface area contributed by atoms with Crippen LogP contribution in [0.4, 0.5) is 11.5 Å². The number of carbonyl (C=O) groups is 1. The molecule has 1 aliphatic rings. The zero-order chi connectivity index (χ0) is 20.4. The zero-order valence-corrected chi connectivity index (χ0v) is 17.2. The highest BCUT2D eigenvalue weighted by Gasteiger charge is 2.28. The molecule has 0 spiro atoms. The number of benzene rings is 2. The van der Waals surface area contributed by atoms with Crippen LogP contribution in [0.3, 0.4) is 0 Å². The predicted molar refractivity (Wildman–Crippen MR) is 116 cm³/mol. The fraction of sp³-hybridized carbons (Fsp3) is 0.318. The fourth-order valence-corrected chi connectivity index (χ4v) is 3.77. The molecule has 2 heterocycles. The molecular weight excluding hydrogens is 388 g/mol. The van der Waals surface area contributed by atoms with E-state index in [1.54, 1.807) is 13.2 Å². The quantitative estimate of drug-likeness (QED) is 0.688. The monoisotopic (exact) mass is 410 g/mol. The number of amides is 1. The number of aryl methyl sites for hydroxylation is 1. The second-order valence-electron chi connectivity index (χ2n) is 7.26. The Balaban J connectivity index is 1.44. The standard InChI is InChI=1S/C22H23ClN4O2/c1-14-7-8-16(13-17(14)23)24-21(28)15-9-11-27(12-10-15)20-22(29-2)26-19-6-4-3-5-18(19)25-20/h3-8,13,15H,9-12H2,1-2H3,(H,24,28). The molecule has 4 rings (SSSR count). The first kappa shape index (κ1) is 19.5. The summed E-state index contributed by atoms with van der Waals surface area (Å²) >= 11 is 6.16. The molecule has 1 aliphatic heterocycles. The first-order valence-corrected chi connectivity index (χ1v) is 10.1. The number of fused-ring (bicyclic) bond motifs is 1. The summed E-state index contributed by atoms with van der Waals surface area (Å²) in [6.07, 6.45) is 1.48. The number of nitrogens with one attached hydrogen (secondary N) is 1. The Morgan fingerprint density at radius 2 is 1.83 bits per heavy atom. The van der Waals surface area contributed by atoms with Crippen molar-refractivity contribution in [3.8, 4) is 5.88 Å². The third-order valence-electron chi connectivity index (χ3n) is 5.32. The van der Waals surface area contributed by atoms with Gasteiger partial charge < -0.3 is 15.0 Å². The van der Waals surface area contributed by atoms with E-state index in [9.17, 15) is 4.79 Å². The molecule has 0 atom stereocenters. The van der Waals surface area contributed by atoms with Gasteiger partial charge in [0.05, 0.1) is 18.1 Å². The van der Waals surface area contributed by atoms with Crippen molar-refractivity contribution < 1.29 is 9.53 Å². The van der Waals surface area contributed by atoms with Gasteiger partial charge in [-0.25, -0.2) is 9.97 Å². The van der Waals surface area contributed by atoms with Gasteiger partial charge in [-0.05, 0) is 49.6 Å². The largest absolute Gasteiger partial charge is 0.478 e. The van der Waals surface area contributed by atoms with Crippen molar-refractivity contribution in [1.82, 2.24) is 9.97 Å². The van der Waals surface area contributed by atoms with E-state index >= 15 is 0 Å². The molecule has 150 valence electrons. The number of hydrogen-bond acceptors (Lipinski definition) is 5. The van der Waals surface area contributed by atoms with Gasteiger partial charge in [0.1, 0.15) is 0 Å². The predicted octanol–water partition coefficient (Wildman–Crippen LogP) is 4.46. The third-order valence-corrected chi connectivity index (χ3v) is 5.73. The average molecular weight is 411 g/mol. The number of para-hydroxylation sites is 2. The van der Waals surface area contributed by atoms with Gasteiger partial charge in [0, 0.05) is 29.7 Å². The van der Waals surface area contributed by atoms with Crippen LogP contribution < -0.4 is 15.0 Å². The summed E-state index contributed by atoms with van der Waals surface area (Å²) in [6, 6.07) is 13.3. The van der Waals surface area contributed by atoms with E-state index in [0.717, 1.165) is 54.0 Å². The summed E-state index contributed by atoms with van der Waals surface area (Å²) in [5, 5.41) is 3.64. The number of anilines is 2. The molecule has 0 unspecified atom stereocenters. The minimum absolute atomic E-state index is 0.0288. The summed E-state index contributed by atoms with van der Waals surface area (Å²) in [4.78, 5) is 24.1. The molecule has 1 saturated heterocycles. The summed E-state index contributed by atoms with van der Waals surface area (Å²) in [5.74, 6) is 1.23. The number of methoxy groups -OCH3 is 1. The Bertz CT molecular complexity index is 1050. The summed E-state index contributed by atoms with van der Waals surface area (Å²) in [6.45, 7) is 3.37. The van der Waals surface area contributed by atoms with Gasteiger partial charge in [0.2, 0.25) is 5.91 Å². The number of halogens is 1. The lowest BCUT2D eigenvalue weighted by Gasteiger charge is -2.32. The second kappa shape index (κ2) is 8.25. The van der Waals surface area contributed by atoms with Crippen molar-refractivity contribution in [3.63, 3.8) is 0 Å². The van der Waals surface area contributed by atoms with Crippen LogP contribution in [0.25, 0.3) is 11.0 Å². The number of ether oxygens (including phenoxy) is 1. The van der Waals surface area contributed by atoms with Gasteiger partial charge >= 0.3 is 0 Å². The van der Waals surface area contributed by atoms with Gasteiger partial charge in [-0.3, -0.25) is 4.79 Å². The normalized spacial score (nSPS) is 14.8. The molecule has 7 heteroatoms. The van der Waals surface area contributed by atoms with E-state index in [2.05, 4.69) is 15.2 Å². The number of carbonyl (C=O) groups excluding carboxylic acids is 1. The maximum Gasteiger partial charge on any atom is 0.257 e. The molecule has 29 heavy (non-hydrogen) atoms. The molecule has 1 N–H and O–H groups in total. The van der Waals surface area contributed by atoms with Gasteiger partial charge in [-0.1, -0.05) is 29.8 Å². The van der Waals surface area contributed by atoms with Gasteiger partial charge in [0.15, 0.2) is 5.82 Å². The number of piperidine rings is 1. The Hall–Kier alpha value is -2.86. The highest BCUT2D eigenvalue weighted by molar-refractivity contribution is 6.31. The smallest absolute Gasteiger partial charge is 0.257 e. The second-order valence-corrected chi connectivity index (χ2v) is 7.67. The van der Waals surface area contributed by atoms with Crippen LogP contribution in [0.15, 0.2) is 42.5 Å². The van der Waals surface area contributed by atoms with Crippen molar-refractivity contribution >= 4 is 40.0 Å². The average Bonchev–Trinajstić information content (AvgIpc) is 2.75. The maximum absolute atomic E-state index is 12.7. The number of nitrogens with zero attached hydrogens (tertiary/aromatic N) is 3. The molecule has 3 aromatic rings. The first-order chi connectivity index (χ1) is 14.0. The molecule has 2 aromatic carbocycles. The Morgan fingerprint density at radius 1 is 1.14 bits per heavy atom. The van der Waals surface area contributed by atoms with Crippen LogP contribution in [0.5, 0.6) is 5.88 Å². The minimum Gasteiger partial charge on any atom is -0.478 e. The van der Waals surface area contributed by atoms with E-state index in [-0.39, 0.29) is 11.8 Å². The van der Waals surface area contributed by atoms with Crippen LogP contribution in [-0.2, 0) is 4.79 Å². The summed E-state index contributed by atoms with van der Waals surface area (Å²) in [7, 11) is 1.61. The molecule has 1 fully saturated rings. The van der Waals surface area contributed by atoms with Crippen LogP contribution in [-0.4, -0.2) is 36.1 Å². The Kier molecular flexibility index (Phi) is 5.53. The van der Waals surface area contributed by atoms with Crippen LogP contribution in [0.2, 0.25) is 5.02 Å². The lowest BCUT2D eigenvalue weighted by Crippen LogP contribution is -2.38. The molecule has 6 nitrogen and oxygen atoms in total. The minimum atomic E-state index is -0.0502. The summed E-state index contributed by atoms with van der Waals surface area (Å²) < 4.78 is 5.47. The molecule has 0 aliphatic carbocycles. The van der Waals surface area contributed by atoms with Gasteiger partial charge in [-0.15, -0.1) is 0 Å². The lowest BCUT2D eigenvalue weighted by atomic mass is 9.95. The van der Waals surface area contributed by atoms with E-state index < -0.39 is 0 Å². The van der Waals surface area contributed by atoms with Crippen LogP contribution in [0, 0.1) is 12.8 Å². The number of hydrogen-bond donors (Lipinski definition) is 1. The molecule has 1 aromatic heterocycles. The van der Waals surface area contributed by atoms with Gasteiger partial charge in [-0.2, -0.15) is 0 Å². The molecular formula is C22H23ClN4O2.